The van der Waals surface area contributed by atoms with E-state index in [0.29, 0.717) is 12.0 Å². The number of carbonyl (C=O) groups excluding carboxylic acids is 1. The van der Waals surface area contributed by atoms with Crippen molar-refractivity contribution in [3.8, 4) is 0 Å². The molecule has 4 nitrogen and oxygen atoms in total. The van der Waals surface area contributed by atoms with Crippen LogP contribution in [0.15, 0.2) is 0 Å². The van der Waals surface area contributed by atoms with Crippen molar-refractivity contribution in [1.29, 1.82) is 0 Å². The van der Waals surface area contributed by atoms with Gasteiger partial charge in [0.05, 0.1) is 6.54 Å². The van der Waals surface area contributed by atoms with E-state index in [1.165, 1.54) is 38.9 Å². The number of likely N-dealkylation sites (tertiary alicyclic amines) is 2. The lowest BCUT2D eigenvalue weighted by atomic mass is 9.72. The minimum absolute atomic E-state index is 0. The summed E-state index contributed by atoms with van der Waals surface area (Å²) in [6, 6.07) is 0. The van der Waals surface area contributed by atoms with E-state index in [1.54, 1.807) is 0 Å². The Hall–Kier alpha value is -0.610. The summed E-state index contributed by atoms with van der Waals surface area (Å²) in [5, 5.41) is 3.20. The Morgan fingerprint density at radius 3 is 2.47 bits per heavy atom. The van der Waals surface area contributed by atoms with Crippen molar-refractivity contribution in [2.45, 2.75) is 39.5 Å². The first-order valence-corrected chi connectivity index (χ1v) is 7.90. The molecule has 2 aliphatic heterocycles. The molecular formula is C15H31N3O. The molecule has 1 N–H and O–H groups in total. The molecule has 0 radical (unpaired) electrons. The van der Waals surface area contributed by atoms with Crippen LogP contribution in [0.5, 0.6) is 0 Å². The molecule has 0 aromatic rings. The van der Waals surface area contributed by atoms with Crippen LogP contribution in [0.25, 0.3) is 0 Å². The van der Waals surface area contributed by atoms with Crippen LogP contribution in [0.1, 0.15) is 41.0 Å². The maximum Gasteiger partial charge on any atom is 0.236 e. The van der Waals surface area contributed by atoms with E-state index < -0.39 is 0 Å². The molecule has 19 heavy (non-hydrogen) atoms. The molecule has 2 rings (SSSR count). The zero-order chi connectivity index (χ0) is 13.7. The van der Waals surface area contributed by atoms with Crippen molar-refractivity contribution in [1.82, 2.24) is 15.1 Å². The number of amides is 1. The topological polar surface area (TPSA) is 35.6 Å². The van der Waals surface area contributed by atoms with E-state index in [4.69, 9.17) is 0 Å². The molecule has 0 saturated carbocycles. The van der Waals surface area contributed by atoms with Gasteiger partial charge in [0.2, 0.25) is 5.91 Å². The highest BCUT2D eigenvalue weighted by Crippen LogP contribution is 2.40. The summed E-state index contributed by atoms with van der Waals surface area (Å²) < 4.78 is 0. The van der Waals surface area contributed by atoms with E-state index in [-0.39, 0.29) is 7.33 Å². The minimum atomic E-state index is 0. The van der Waals surface area contributed by atoms with Crippen LogP contribution in [0.2, 0.25) is 0 Å². The molecule has 112 valence electrons. The molecule has 0 aromatic heterocycles. The van der Waals surface area contributed by atoms with Gasteiger partial charge in [-0.3, -0.25) is 4.79 Å². The summed E-state index contributed by atoms with van der Waals surface area (Å²) >= 11 is 0. The quantitative estimate of drug-likeness (QED) is 0.744. The fourth-order valence-corrected chi connectivity index (χ4v) is 3.31. The Morgan fingerprint density at radius 2 is 1.89 bits per heavy atom. The third kappa shape index (κ3) is 3.69. The van der Waals surface area contributed by atoms with E-state index in [9.17, 15) is 4.79 Å². The van der Waals surface area contributed by atoms with Crippen molar-refractivity contribution in [2.75, 3.05) is 45.8 Å². The van der Waals surface area contributed by atoms with Crippen molar-refractivity contribution >= 4 is 5.91 Å². The van der Waals surface area contributed by atoms with Crippen LogP contribution < -0.4 is 5.32 Å². The molecule has 4 heteroatoms. The zero-order valence-electron chi connectivity index (χ0n) is 12.6. The summed E-state index contributed by atoms with van der Waals surface area (Å²) in [6.45, 7) is 11.5. The Balaban J connectivity index is 0.00000200. The van der Waals surface area contributed by atoms with Crippen LogP contribution in [-0.4, -0.2) is 61.5 Å². The van der Waals surface area contributed by atoms with Gasteiger partial charge >= 0.3 is 0 Å². The number of hydrogen-bond donors (Lipinski definition) is 1. The van der Waals surface area contributed by atoms with Gasteiger partial charge in [-0.15, -0.1) is 0 Å². The molecule has 2 fully saturated rings. The normalized spacial score (nSPS) is 22.5. The first-order chi connectivity index (χ1) is 9.19. The Labute approximate surface area is 119 Å². The van der Waals surface area contributed by atoms with Crippen molar-refractivity contribution in [3.05, 3.63) is 0 Å². The highest BCUT2D eigenvalue weighted by atomic mass is 16.2. The van der Waals surface area contributed by atoms with Crippen LogP contribution >= 0.6 is 0 Å². The number of carbonyl (C=O) groups is 1. The number of rotatable bonds is 6. The molecule has 0 bridgehead atoms. The average Bonchev–Trinajstić information content (AvgIpc) is 2.38. The standard InChI is InChI=1S/C15H29N3O.H2/c1-3-7-16-11-14(19)18-12-15(13-18)5-9-17(8-4-2)10-6-15;/h16H,3-13H2,1-2H3;1H. The van der Waals surface area contributed by atoms with Gasteiger partial charge in [-0.25, -0.2) is 0 Å². The lowest BCUT2D eigenvalue weighted by molar-refractivity contribution is -0.145. The fourth-order valence-electron chi connectivity index (χ4n) is 3.31. The summed E-state index contributed by atoms with van der Waals surface area (Å²) in [5.41, 5.74) is 0.463. The molecular weight excluding hydrogens is 238 g/mol. The van der Waals surface area contributed by atoms with E-state index in [0.717, 1.165) is 26.1 Å². The average molecular weight is 269 g/mol. The second-order valence-corrected chi connectivity index (χ2v) is 6.27. The third-order valence-corrected chi connectivity index (χ3v) is 4.56. The van der Waals surface area contributed by atoms with Gasteiger partial charge in [0, 0.05) is 19.9 Å². The van der Waals surface area contributed by atoms with Crippen LogP contribution in [0, 0.1) is 5.41 Å². The van der Waals surface area contributed by atoms with E-state index in [2.05, 4.69) is 24.1 Å². The number of hydrogen-bond acceptors (Lipinski definition) is 3. The summed E-state index contributed by atoms with van der Waals surface area (Å²) in [7, 11) is 0. The second kappa shape index (κ2) is 6.71. The maximum atomic E-state index is 11.9. The van der Waals surface area contributed by atoms with Crippen molar-refractivity contribution in [2.24, 2.45) is 5.41 Å². The Bertz CT molecular complexity index is 295. The van der Waals surface area contributed by atoms with Crippen molar-refractivity contribution < 1.29 is 6.22 Å². The number of piperidine rings is 1. The molecule has 0 unspecified atom stereocenters. The van der Waals surface area contributed by atoms with Gasteiger partial charge in [-0.05, 0) is 51.9 Å². The smallest absolute Gasteiger partial charge is 0.236 e. The highest BCUT2D eigenvalue weighted by Gasteiger charge is 2.46. The van der Waals surface area contributed by atoms with Crippen LogP contribution in [0.3, 0.4) is 0 Å². The summed E-state index contributed by atoms with van der Waals surface area (Å²) in [6.07, 6.45) is 4.89. The maximum absolute atomic E-state index is 11.9. The van der Waals surface area contributed by atoms with Crippen LogP contribution in [0.4, 0.5) is 0 Å². The third-order valence-electron chi connectivity index (χ3n) is 4.56. The van der Waals surface area contributed by atoms with Gasteiger partial charge in [-0.1, -0.05) is 13.8 Å². The molecule has 2 heterocycles. The molecule has 0 aliphatic carbocycles. The van der Waals surface area contributed by atoms with E-state index >= 15 is 0 Å². The molecule has 0 atom stereocenters. The summed E-state index contributed by atoms with van der Waals surface area (Å²) in [5.74, 6) is 0.287. The largest absolute Gasteiger partial charge is 0.340 e. The van der Waals surface area contributed by atoms with Gasteiger partial charge in [0.1, 0.15) is 0 Å². The molecule has 2 saturated heterocycles. The van der Waals surface area contributed by atoms with Gasteiger partial charge in [0.15, 0.2) is 0 Å². The molecule has 0 aromatic carbocycles. The molecule has 1 spiro atoms. The predicted octanol–water partition coefficient (Wildman–Crippen LogP) is 1.57. The first kappa shape index (κ1) is 14.8. The highest BCUT2D eigenvalue weighted by molar-refractivity contribution is 5.79. The summed E-state index contributed by atoms with van der Waals surface area (Å²) in [4.78, 5) is 16.6. The van der Waals surface area contributed by atoms with E-state index in [1.807, 2.05) is 4.90 Å². The van der Waals surface area contributed by atoms with Crippen LogP contribution in [-0.2, 0) is 4.79 Å². The first-order valence-electron chi connectivity index (χ1n) is 7.90. The second-order valence-electron chi connectivity index (χ2n) is 6.27. The monoisotopic (exact) mass is 269 g/mol. The molecule has 1 amide bonds. The van der Waals surface area contributed by atoms with Gasteiger partial charge in [-0.2, -0.15) is 0 Å². The zero-order valence-corrected chi connectivity index (χ0v) is 12.6. The Kier molecular flexibility index (Phi) is 5.22. The lowest BCUT2D eigenvalue weighted by Crippen LogP contribution is -2.63. The van der Waals surface area contributed by atoms with Gasteiger partial charge < -0.3 is 15.1 Å². The van der Waals surface area contributed by atoms with Gasteiger partial charge in [0.25, 0.3) is 0 Å². The lowest BCUT2D eigenvalue weighted by Gasteiger charge is -2.54. The predicted molar refractivity (Wildman–Crippen MR) is 80.3 cm³/mol. The fraction of sp³-hybridized carbons (Fsp3) is 0.933. The van der Waals surface area contributed by atoms with Crippen molar-refractivity contribution in [3.63, 3.8) is 0 Å². The minimum Gasteiger partial charge on any atom is -0.340 e. The SMILES string of the molecule is CCCNCC(=O)N1CC2(CCN(CCC)CC2)C1.[HH]. The Morgan fingerprint density at radius 1 is 1.21 bits per heavy atom. The number of nitrogens with one attached hydrogen (secondary N) is 1. The number of nitrogens with zero attached hydrogens (tertiary/aromatic N) is 2. The molecule has 2 aliphatic rings.